The van der Waals surface area contributed by atoms with E-state index in [0.717, 1.165) is 13.0 Å². The monoisotopic (exact) mass is 261 g/mol. The Morgan fingerprint density at radius 2 is 1.55 bits per heavy atom. The van der Waals surface area contributed by atoms with Gasteiger partial charge in [-0.25, -0.2) is 0 Å². The topological polar surface area (TPSA) is 12.0 Å². The van der Waals surface area contributed by atoms with Crippen molar-refractivity contribution in [1.82, 2.24) is 0 Å². The summed E-state index contributed by atoms with van der Waals surface area (Å²) in [6.07, 6.45) is 1.05. The van der Waals surface area contributed by atoms with Gasteiger partial charge in [0.15, 0.2) is 0 Å². The van der Waals surface area contributed by atoms with E-state index in [1.54, 1.807) is 0 Å². The van der Waals surface area contributed by atoms with Crippen molar-refractivity contribution in [3.8, 4) is 0 Å². The van der Waals surface area contributed by atoms with Gasteiger partial charge < -0.3 is 5.32 Å². The molecule has 0 atom stereocenters. The average molecular weight is 261 g/mol. The normalized spacial score (nSPS) is 10.7. The molecule has 0 saturated carbocycles. The Bertz CT molecular complexity index is 710. The SMILES string of the molecule is Cc1ccccc1CCNc1cccc2ccccc12. The molecule has 3 aromatic rings. The lowest BCUT2D eigenvalue weighted by atomic mass is 10.1. The van der Waals surface area contributed by atoms with Crippen LogP contribution in [0, 0.1) is 6.92 Å². The lowest BCUT2D eigenvalue weighted by molar-refractivity contribution is 1.01. The van der Waals surface area contributed by atoms with Crippen molar-refractivity contribution in [3.63, 3.8) is 0 Å². The zero-order valence-electron chi connectivity index (χ0n) is 11.8. The Balaban J connectivity index is 1.73. The summed E-state index contributed by atoms with van der Waals surface area (Å²) in [7, 11) is 0. The van der Waals surface area contributed by atoms with Gasteiger partial charge in [0.25, 0.3) is 0 Å². The van der Waals surface area contributed by atoms with E-state index in [9.17, 15) is 0 Å². The average Bonchev–Trinajstić information content (AvgIpc) is 2.49. The minimum atomic E-state index is 0.957. The van der Waals surface area contributed by atoms with Crippen LogP contribution >= 0.6 is 0 Å². The maximum atomic E-state index is 3.56. The molecule has 0 radical (unpaired) electrons. The molecule has 0 aliphatic carbocycles. The van der Waals surface area contributed by atoms with Gasteiger partial charge in [0.1, 0.15) is 0 Å². The second-order valence-corrected chi connectivity index (χ2v) is 5.13. The minimum absolute atomic E-state index is 0.957. The Morgan fingerprint density at radius 1 is 0.800 bits per heavy atom. The van der Waals surface area contributed by atoms with Crippen LogP contribution in [-0.4, -0.2) is 6.54 Å². The Morgan fingerprint density at radius 3 is 2.45 bits per heavy atom. The first-order valence-corrected chi connectivity index (χ1v) is 7.11. The highest BCUT2D eigenvalue weighted by Gasteiger charge is 2.00. The molecule has 0 aliphatic heterocycles. The molecule has 100 valence electrons. The van der Waals surface area contributed by atoms with Crippen LogP contribution in [0.5, 0.6) is 0 Å². The van der Waals surface area contributed by atoms with E-state index in [1.165, 1.54) is 27.6 Å². The molecule has 0 amide bonds. The first kappa shape index (κ1) is 12.7. The molecule has 0 aliphatic rings. The number of benzene rings is 3. The highest BCUT2D eigenvalue weighted by atomic mass is 14.9. The van der Waals surface area contributed by atoms with Crippen molar-refractivity contribution >= 4 is 16.5 Å². The first-order valence-electron chi connectivity index (χ1n) is 7.11. The van der Waals surface area contributed by atoms with Crippen LogP contribution in [0.2, 0.25) is 0 Å². The molecule has 0 aromatic heterocycles. The molecule has 3 rings (SSSR count). The highest BCUT2D eigenvalue weighted by Crippen LogP contribution is 2.22. The number of hydrogen-bond donors (Lipinski definition) is 1. The van der Waals surface area contributed by atoms with Crippen molar-refractivity contribution in [2.24, 2.45) is 0 Å². The second-order valence-electron chi connectivity index (χ2n) is 5.13. The van der Waals surface area contributed by atoms with Gasteiger partial charge in [-0.05, 0) is 35.9 Å². The highest BCUT2D eigenvalue weighted by molar-refractivity contribution is 5.93. The number of rotatable bonds is 4. The maximum absolute atomic E-state index is 3.56. The Labute approximate surface area is 120 Å². The number of hydrogen-bond acceptors (Lipinski definition) is 1. The fourth-order valence-electron chi connectivity index (χ4n) is 2.60. The van der Waals surface area contributed by atoms with Crippen LogP contribution < -0.4 is 5.32 Å². The van der Waals surface area contributed by atoms with Crippen LogP contribution in [0.15, 0.2) is 66.7 Å². The predicted molar refractivity (Wildman–Crippen MR) is 87.3 cm³/mol. The Hall–Kier alpha value is -2.28. The summed E-state index contributed by atoms with van der Waals surface area (Å²) in [4.78, 5) is 0. The number of anilines is 1. The summed E-state index contributed by atoms with van der Waals surface area (Å²) in [5, 5.41) is 6.14. The zero-order chi connectivity index (χ0) is 13.8. The molecule has 0 unspecified atom stereocenters. The second kappa shape index (κ2) is 5.79. The third-order valence-electron chi connectivity index (χ3n) is 3.76. The van der Waals surface area contributed by atoms with Gasteiger partial charge in [-0.1, -0.05) is 60.7 Å². The van der Waals surface area contributed by atoms with Crippen molar-refractivity contribution in [3.05, 3.63) is 77.9 Å². The molecule has 0 saturated heterocycles. The van der Waals surface area contributed by atoms with Gasteiger partial charge in [-0.2, -0.15) is 0 Å². The fraction of sp³-hybridized carbons (Fsp3) is 0.158. The molecule has 1 N–H and O–H groups in total. The molecule has 20 heavy (non-hydrogen) atoms. The molecule has 1 nitrogen and oxygen atoms in total. The third-order valence-corrected chi connectivity index (χ3v) is 3.76. The van der Waals surface area contributed by atoms with Crippen molar-refractivity contribution in [2.75, 3.05) is 11.9 Å². The van der Waals surface area contributed by atoms with Crippen LogP contribution in [0.1, 0.15) is 11.1 Å². The van der Waals surface area contributed by atoms with Crippen LogP contribution in [0.4, 0.5) is 5.69 Å². The molecular formula is C19H19N. The Kier molecular flexibility index (Phi) is 3.69. The summed E-state index contributed by atoms with van der Waals surface area (Å²) in [5.74, 6) is 0. The third kappa shape index (κ3) is 2.67. The molecule has 0 fully saturated rings. The van der Waals surface area contributed by atoms with Gasteiger partial charge >= 0.3 is 0 Å². The van der Waals surface area contributed by atoms with Crippen LogP contribution in [-0.2, 0) is 6.42 Å². The van der Waals surface area contributed by atoms with Crippen molar-refractivity contribution < 1.29 is 0 Å². The van der Waals surface area contributed by atoms with Crippen LogP contribution in [0.25, 0.3) is 10.8 Å². The van der Waals surface area contributed by atoms with Crippen LogP contribution in [0.3, 0.4) is 0 Å². The van der Waals surface area contributed by atoms with E-state index >= 15 is 0 Å². The van der Waals surface area contributed by atoms with E-state index in [-0.39, 0.29) is 0 Å². The lowest BCUT2D eigenvalue weighted by Crippen LogP contribution is -2.06. The van der Waals surface area contributed by atoms with Gasteiger partial charge in [-0.3, -0.25) is 0 Å². The largest absolute Gasteiger partial charge is 0.384 e. The summed E-state index contributed by atoms with van der Waals surface area (Å²) in [6, 6.07) is 23.5. The summed E-state index contributed by atoms with van der Waals surface area (Å²) < 4.78 is 0. The maximum Gasteiger partial charge on any atom is 0.0419 e. The van der Waals surface area contributed by atoms with E-state index in [1.807, 2.05) is 0 Å². The molecule has 0 spiro atoms. The standard InChI is InChI=1S/C19H19N/c1-15-7-2-3-8-16(15)13-14-20-19-12-6-10-17-9-4-5-11-18(17)19/h2-12,20H,13-14H2,1H3. The lowest BCUT2D eigenvalue weighted by Gasteiger charge is -2.11. The fourth-order valence-corrected chi connectivity index (χ4v) is 2.60. The molecular weight excluding hydrogens is 242 g/mol. The van der Waals surface area contributed by atoms with Crippen molar-refractivity contribution in [1.29, 1.82) is 0 Å². The quantitative estimate of drug-likeness (QED) is 0.711. The van der Waals surface area contributed by atoms with Gasteiger partial charge in [-0.15, -0.1) is 0 Å². The zero-order valence-corrected chi connectivity index (χ0v) is 11.8. The summed E-state index contributed by atoms with van der Waals surface area (Å²) >= 11 is 0. The van der Waals surface area contributed by atoms with E-state index in [4.69, 9.17) is 0 Å². The molecule has 0 bridgehead atoms. The number of aryl methyl sites for hydroxylation is 1. The molecule has 0 heterocycles. The van der Waals surface area contributed by atoms with E-state index in [0.29, 0.717) is 0 Å². The van der Waals surface area contributed by atoms with E-state index < -0.39 is 0 Å². The van der Waals surface area contributed by atoms with Crippen molar-refractivity contribution in [2.45, 2.75) is 13.3 Å². The van der Waals surface area contributed by atoms with Gasteiger partial charge in [0, 0.05) is 17.6 Å². The summed E-state index contributed by atoms with van der Waals surface area (Å²) in [6.45, 7) is 3.13. The van der Waals surface area contributed by atoms with E-state index in [2.05, 4.69) is 79.0 Å². The molecule has 1 heteroatoms. The van der Waals surface area contributed by atoms with Gasteiger partial charge in [0.2, 0.25) is 0 Å². The van der Waals surface area contributed by atoms with Gasteiger partial charge in [0.05, 0.1) is 0 Å². The number of nitrogens with one attached hydrogen (secondary N) is 1. The molecule has 3 aromatic carbocycles. The minimum Gasteiger partial charge on any atom is -0.384 e. The first-order chi connectivity index (χ1) is 9.84. The smallest absolute Gasteiger partial charge is 0.0419 e. The number of fused-ring (bicyclic) bond motifs is 1. The summed E-state index contributed by atoms with van der Waals surface area (Å²) in [5.41, 5.74) is 4.00. The predicted octanol–water partition coefficient (Wildman–Crippen LogP) is 4.80.